The second-order valence-corrected chi connectivity index (χ2v) is 13.1. The lowest BCUT2D eigenvalue weighted by atomic mass is 9.62. The molecule has 4 N–H and O–H groups in total. The van der Waals surface area contributed by atoms with Crippen molar-refractivity contribution in [1.29, 1.82) is 0 Å². The minimum absolute atomic E-state index is 0.0733. The van der Waals surface area contributed by atoms with E-state index in [-0.39, 0.29) is 28.3 Å². The number of hydrogen-bond donors (Lipinski definition) is 4. The van der Waals surface area contributed by atoms with Gasteiger partial charge >= 0.3 is 0 Å². The van der Waals surface area contributed by atoms with Crippen molar-refractivity contribution in [3.05, 3.63) is 63.4 Å². The van der Waals surface area contributed by atoms with Gasteiger partial charge in [0.15, 0.2) is 0 Å². The third-order valence-electron chi connectivity index (χ3n) is 7.93. The van der Waals surface area contributed by atoms with Gasteiger partial charge in [-0.15, -0.1) is 0 Å². The second-order valence-electron chi connectivity index (χ2n) is 12.2. The van der Waals surface area contributed by atoms with Crippen LogP contribution in [-0.2, 0) is 15.0 Å². The Labute approximate surface area is 226 Å². The summed E-state index contributed by atoms with van der Waals surface area (Å²) in [6.07, 6.45) is 1.50. The predicted molar refractivity (Wildman–Crippen MR) is 142 cm³/mol. The average Bonchev–Trinajstić information content (AvgIpc) is 3.23. The standard InChI is InChI=1S/C28H32Cl2FN3O3/c1-26(2,3)13-21-28(17-7-6-15(29)10-20(17)33-25(28)36)22(14-5-8-19(31)18(30)9-14)23(34-21)24(35)32-16-11-27(4,37)12-16/h5-10,16,21-23,34,37H,11-13H2,1-4H3,(H,32,35)(H,33,36). The van der Waals surface area contributed by atoms with Crippen LogP contribution in [0.4, 0.5) is 10.1 Å². The van der Waals surface area contributed by atoms with Gasteiger partial charge in [0, 0.05) is 28.7 Å². The van der Waals surface area contributed by atoms with E-state index < -0.39 is 34.8 Å². The predicted octanol–water partition coefficient (Wildman–Crippen LogP) is 4.91. The van der Waals surface area contributed by atoms with Gasteiger partial charge < -0.3 is 21.1 Å². The van der Waals surface area contributed by atoms with E-state index in [0.29, 0.717) is 35.5 Å². The monoisotopic (exact) mass is 547 g/mol. The lowest BCUT2D eigenvalue weighted by Gasteiger charge is -2.42. The number of amides is 2. The van der Waals surface area contributed by atoms with Crippen LogP contribution in [0.15, 0.2) is 36.4 Å². The van der Waals surface area contributed by atoms with E-state index in [4.69, 9.17) is 23.2 Å². The maximum absolute atomic E-state index is 14.2. The molecule has 0 aromatic heterocycles. The van der Waals surface area contributed by atoms with Crippen molar-refractivity contribution in [1.82, 2.24) is 10.6 Å². The summed E-state index contributed by atoms with van der Waals surface area (Å²) in [7, 11) is 0. The van der Waals surface area contributed by atoms with Crippen LogP contribution < -0.4 is 16.0 Å². The van der Waals surface area contributed by atoms with Crippen LogP contribution in [0.5, 0.6) is 0 Å². The topological polar surface area (TPSA) is 90.5 Å². The van der Waals surface area contributed by atoms with Crippen molar-refractivity contribution in [3.63, 3.8) is 0 Å². The molecule has 2 aromatic carbocycles. The number of rotatable bonds is 4. The molecule has 4 unspecified atom stereocenters. The Morgan fingerprint density at radius 2 is 1.89 bits per heavy atom. The zero-order valence-corrected chi connectivity index (χ0v) is 22.8. The van der Waals surface area contributed by atoms with E-state index in [1.807, 2.05) is 6.07 Å². The molecule has 6 nitrogen and oxygen atoms in total. The summed E-state index contributed by atoms with van der Waals surface area (Å²) in [5.41, 5.74) is -0.202. The molecule has 5 rings (SSSR count). The van der Waals surface area contributed by atoms with Crippen molar-refractivity contribution in [2.24, 2.45) is 5.41 Å². The van der Waals surface area contributed by atoms with E-state index in [1.165, 1.54) is 12.1 Å². The van der Waals surface area contributed by atoms with E-state index >= 15 is 0 Å². The Balaban J connectivity index is 1.67. The molecule has 3 aliphatic rings. The number of nitrogens with one attached hydrogen (secondary N) is 3. The molecule has 0 bridgehead atoms. The van der Waals surface area contributed by atoms with Crippen molar-refractivity contribution in [3.8, 4) is 0 Å². The number of anilines is 1. The number of carbonyl (C=O) groups excluding carboxylic acids is 2. The molecule has 198 valence electrons. The van der Waals surface area contributed by atoms with E-state index in [1.54, 1.807) is 25.1 Å². The minimum atomic E-state index is -1.17. The summed E-state index contributed by atoms with van der Waals surface area (Å²) in [6.45, 7) is 8.01. The largest absolute Gasteiger partial charge is 0.390 e. The highest BCUT2D eigenvalue weighted by molar-refractivity contribution is 6.31. The van der Waals surface area contributed by atoms with E-state index in [0.717, 1.165) is 5.56 Å². The van der Waals surface area contributed by atoms with Crippen LogP contribution in [-0.4, -0.2) is 40.6 Å². The van der Waals surface area contributed by atoms with Crippen LogP contribution in [0.3, 0.4) is 0 Å². The Kier molecular flexibility index (Phi) is 6.38. The van der Waals surface area contributed by atoms with Gasteiger partial charge in [-0.2, -0.15) is 0 Å². The summed E-state index contributed by atoms with van der Waals surface area (Å²) in [4.78, 5) is 27.9. The number of fused-ring (bicyclic) bond motifs is 2. The first kappa shape index (κ1) is 26.4. The van der Waals surface area contributed by atoms with E-state index in [9.17, 15) is 19.1 Å². The van der Waals surface area contributed by atoms with Crippen molar-refractivity contribution >= 4 is 40.7 Å². The van der Waals surface area contributed by atoms with Crippen LogP contribution in [0.1, 0.15) is 64.0 Å². The van der Waals surface area contributed by atoms with Gasteiger partial charge in [0.1, 0.15) is 11.2 Å². The normalized spacial score (nSPS) is 32.7. The Hall–Kier alpha value is -2.19. The fraction of sp³-hybridized carbons (Fsp3) is 0.500. The number of aliphatic hydroxyl groups is 1. The Bertz CT molecular complexity index is 1270. The summed E-state index contributed by atoms with van der Waals surface area (Å²) < 4.78 is 14.2. The summed E-state index contributed by atoms with van der Waals surface area (Å²) in [5, 5.41) is 20.2. The molecular weight excluding hydrogens is 516 g/mol. The third-order valence-corrected chi connectivity index (χ3v) is 8.45. The zero-order valence-electron chi connectivity index (χ0n) is 21.3. The van der Waals surface area contributed by atoms with Gasteiger partial charge in [0.2, 0.25) is 11.8 Å². The molecule has 1 spiro atoms. The lowest BCUT2D eigenvalue weighted by Crippen LogP contribution is -2.57. The average molecular weight is 548 g/mol. The summed E-state index contributed by atoms with van der Waals surface area (Å²) in [5.74, 6) is -1.76. The molecule has 2 fully saturated rings. The van der Waals surface area contributed by atoms with Crippen molar-refractivity contribution in [2.45, 2.75) is 82.0 Å². The fourth-order valence-corrected chi connectivity index (χ4v) is 6.88. The van der Waals surface area contributed by atoms with Crippen LogP contribution >= 0.6 is 23.2 Å². The van der Waals surface area contributed by atoms with Gasteiger partial charge in [-0.25, -0.2) is 4.39 Å². The van der Waals surface area contributed by atoms with Crippen LogP contribution in [0.2, 0.25) is 10.0 Å². The first-order valence-electron chi connectivity index (χ1n) is 12.6. The maximum Gasteiger partial charge on any atom is 0.238 e. The molecule has 2 aromatic rings. The maximum atomic E-state index is 14.2. The molecule has 4 atom stereocenters. The van der Waals surface area contributed by atoms with Gasteiger partial charge in [-0.3, -0.25) is 9.59 Å². The minimum Gasteiger partial charge on any atom is -0.390 e. The molecule has 37 heavy (non-hydrogen) atoms. The molecule has 2 amide bonds. The molecule has 0 radical (unpaired) electrons. The van der Waals surface area contributed by atoms with Crippen LogP contribution in [0.25, 0.3) is 0 Å². The second kappa shape index (κ2) is 8.94. The highest BCUT2D eigenvalue weighted by atomic mass is 35.5. The molecule has 2 aliphatic heterocycles. The van der Waals surface area contributed by atoms with Crippen molar-refractivity contribution in [2.75, 3.05) is 5.32 Å². The van der Waals surface area contributed by atoms with Crippen molar-refractivity contribution < 1.29 is 19.1 Å². The van der Waals surface area contributed by atoms with Gasteiger partial charge in [-0.1, -0.05) is 56.1 Å². The Morgan fingerprint density at radius 1 is 1.19 bits per heavy atom. The fourth-order valence-electron chi connectivity index (χ4n) is 6.52. The molecule has 1 saturated heterocycles. The lowest BCUT2D eigenvalue weighted by molar-refractivity contribution is -0.127. The zero-order chi connectivity index (χ0) is 26.9. The first-order valence-corrected chi connectivity index (χ1v) is 13.3. The summed E-state index contributed by atoms with van der Waals surface area (Å²) >= 11 is 12.5. The molecule has 1 aliphatic carbocycles. The van der Waals surface area contributed by atoms with Gasteiger partial charge in [0.25, 0.3) is 0 Å². The highest BCUT2D eigenvalue weighted by Crippen LogP contribution is 2.57. The third kappa shape index (κ3) is 4.54. The first-order chi connectivity index (χ1) is 17.2. The molecular formula is C28H32Cl2FN3O3. The van der Waals surface area contributed by atoms with E-state index in [2.05, 4.69) is 36.7 Å². The van der Waals surface area contributed by atoms with Gasteiger partial charge in [-0.05, 0) is 67.0 Å². The Morgan fingerprint density at radius 3 is 2.51 bits per heavy atom. The number of benzene rings is 2. The summed E-state index contributed by atoms with van der Waals surface area (Å²) in [6, 6.07) is 8.32. The SMILES string of the molecule is CC(C)(C)CC1NC(C(=O)NC2CC(C)(O)C2)C(c2ccc(F)c(Cl)c2)C12C(=O)Nc1cc(Cl)ccc12. The van der Waals surface area contributed by atoms with Gasteiger partial charge in [0.05, 0.1) is 16.7 Å². The van der Waals surface area contributed by atoms with Crippen LogP contribution in [0, 0.1) is 11.2 Å². The highest BCUT2D eigenvalue weighted by Gasteiger charge is 2.66. The number of halogens is 3. The molecule has 2 heterocycles. The smallest absolute Gasteiger partial charge is 0.238 e. The quantitative estimate of drug-likeness (QED) is 0.437. The number of hydrogen-bond acceptors (Lipinski definition) is 4. The number of carbonyl (C=O) groups is 2. The molecule has 1 saturated carbocycles. The molecule has 9 heteroatoms.